The summed E-state index contributed by atoms with van der Waals surface area (Å²) < 4.78 is 0. The molecule has 0 fully saturated rings. The highest BCUT2D eigenvalue weighted by Crippen LogP contribution is 2.22. The molecular weight excluding hydrogens is 408 g/mol. The third kappa shape index (κ3) is 5.47. The summed E-state index contributed by atoms with van der Waals surface area (Å²) in [4.78, 5) is 13.5. The number of terminal acetylenes is 3. The second kappa shape index (κ2) is 9.71. The maximum absolute atomic E-state index is 5.51. The van der Waals surface area contributed by atoms with Crippen molar-refractivity contribution in [1.82, 2.24) is 15.0 Å². The third-order valence-corrected chi connectivity index (χ3v) is 4.49. The molecule has 3 aromatic carbocycles. The summed E-state index contributed by atoms with van der Waals surface area (Å²) in [7, 11) is 0. The molecule has 0 radical (unpaired) electrons. The standard InChI is InChI=1S/C27H18N6/c1-4-19-10-7-13-22(16-19)28-25-31-26(29-23-14-8-11-20(5-2)17-23)33-27(32-25)30-24-15-9-12-21(6-3)18-24/h1-3,7-18H,(H3,28,29,30,31,32,33). The molecule has 6 nitrogen and oxygen atoms in total. The van der Waals surface area contributed by atoms with Gasteiger partial charge in [-0.25, -0.2) is 0 Å². The molecule has 0 amide bonds. The first-order valence-corrected chi connectivity index (χ1v) is 9.92. The Kier molecular flexibility index (Phi) is 6.18. The van der Waals surface area contributed by atoms with Crippen molar-refractivity contribution < 1.29 is 0 Å². The number of nitrogens with zero attached hydrogens (tertiary/aromatic N) is 3. The number of aromatic nitrogens is 3. The van der Waals surface area contributed by atoms with Crippen molar-refractivity contribution in [3.8, 4) is 37.0 Å². The Labute approximate surface area is 192 Å². The molecule has 0 aliphatic rings. The Hall–Kier alpha value is -5.25. The van der Waals surface area contributed by atoms with E-state index < -0.39 is 0 Å². The molecular formula is C27H18N6. The summed E-state index contributed by atoms with van der Waals surface area (Å²) in [6, 6.07) is 22.2. The van der Waals surface area contributed by atoms with Gasteiger partial charge in [-0.15, -0.1) is 19.3 Å². The molecule has 33 heavy (non-hydrogen) atoms. The summed E-state index contributed by atoms with van der Waals surface area (Å²) in [6.07, 6.45) is 16.5. The zero-order valence-corrected chi connectivity index (χ0v) is 17.5. The third-order valence-electron chi connectivity index (χ3n) is 4.49. The fourth-order valence-electron chi connectivity index (χ4n) is 2.99. The van der Waals surface area contributed by atoms with E-state index in [-0.39, 0.29) is 0 Å². The average Bonchev–Trinajstić information content (AvgIpc) is 2.84. The van der Waals surface area contributed by atoms with Crippen LogP contribution in [0.25, 0.3) is 0 Å². The van der Waals surface area contributed by atoms with Crippen molar-refractivity contribution in [2.75, 3.05) is 16.0 Å². The first-order valence-electron chi connectivity index (χ1n) is 9.92. The number of anilines is 6. The normalized spacial score (nSPS) is 9.73. The molecule has 6 heteroatoms. The largest absolute Gasteiger partial charge is 0.324 e. The first kappa shape index (κ1) is 21.0. The van der Waals surface area contributed by atoms with E-state index >= 15 is 0 Å². The SMILES string of the molecule is C#Cc1cccc(Nc2nc(Nc3cccc(C#C)c3)nc(Nc3cccc(C#C)c3)n2)c1. The van der Waals surface area contributed by atoms with Gasteiger partial charge >= 0.3 is 0 Å². The van der Waals surface area contributed by atoms with Crippen LogP contribution in [0.4, 0.5) is 34.9 Å². The van der Waals surface area contributed by atoms with E-state index in [0.717, 1.165) is 33.8 Å². The van der Waals surface area contributed by atoms with Crippen LogP contribution in [0.2, 0.25) is 0 Å². The van der Waals surface area contributed by atoms with Gasteiger partial charge in [0, 0.05) is 33.8 Å². The highest BCUT2D eigenvalue weighted by atomic mass is 15.3. The van der Waals surface area contributed by atoms with E-state index in [2.05, 4.69) is 48.7 Å². The van der Waals surface area contributed by atoms with Gasteiger partial charge in [0.2, 0.25) is 17.8 Å². The highest BCUT2D eigenvalue weighted by Gasteiger charge is 2.09. The molecule has 0 atom stereocenters. The number of rotatable bonds is 6. The van der Waals surface area contributed by atoms with E-state index in [9.17, 15) is 0 Å². The summed E-state index contributed by atoms with van der Waals surface area (Å²) in [5, 5.41) is 9.52. The predicted molar refractivity (Wildman–Crippen MR) is 133 cm³/mol. The number of benzene rings is 3. The van der Waals surface area contributed by atoms with Crippen molar-refractivity contribution in [1.29, 1.82) is 0 Å². The van der Waals surface area contributed by atoms with Gasteiger partial charge in [-0.2, -0.15) is 15.0 Å². The Morgan fingerprint density at radius 3 is 1.06 bits per heavy atom. The van der Waals surface area contributed by atoms with Gasteiger partial charge in [-0.05, 0) is 54.6 Å². The molecule has 1 aromatic heterocycles. The van der Waals surface area contributed by atoms with Gasteiger partial charge in [0.1, 0.15) is 0 Å². The first-order chi connectivity index (χ1) is 16.1. The van der Waals surface area contributed by atoms with Crippen LogP contribution in [0.3, 0.4) is 0 Å². The van der Waals surface area contributed by atoms with Crippen LogP contribution in [0.1, 0.15) is 16.7 Å². The Bertz CT molecular complexity index is 1250. The molecule has 0 saturated heterocycles. The van der Waals surface area contributed by atoms with Crippen molar-refractivity contribution in [2.24, 2.45) is 0 Å². The summed E-state index contributed by atoms with van der Waals surface area (Å²) in [5.41, 5.74) is 4.46. The molecule has 1 heterocycles. The zero-order chi connectivity index (χ0) is 23.0. The molecule has 4 aromatic rings. The zero-order valence-electron chi connectivity index (χ0n) is 17.5. The van der Waals surface area contributed by atoms with Crippen LogP contribution < -0.4 is 16.0 Å². The van der Waals surface area contributed by atoms with Crippen molar-refractivity contribution >= 4 is 34.9 Å². The van der Waals surface area contributed by atoms with Crippen LogP contribution in [-0.2, 0) is 0 Å². The van der Waals surface area contributed by atoms with E-state index in [1.165, 1.54) is 0 Å². The second-order valence-electron chi connectivity index (χ2n) is 6.86. The van der Waals surface area contributed by atoms with Crippen LogP contribution in [0, 0.1) is 37.0 Å². The minimum Gasteiger partial charge on any atom is -0.324 e. The lowest BCUT2D eigenvalue weighted by molar-refractivity contribution is 1.06. The predicted octanol–water partition coefficient (Wildman–Crippen LogP) is 5.05. The van der Waals surface area contributed by atoms with E-state index in [0.29, 0.717) is 17.8 Å². The van der Waals surface area contributed by atoms with Crippen molar-refractivity contribution in [3.05, 3.63) is 89.5 Å². The lowest BCUT2D eigenvalue weighted by Crippen LogP contribution is -2.07. The molecule has 0 bridgehead atoms. The molecule has 3 N–H and O–H groups in total. The van der Waals surface area contributed by atoms with Crippen LogP contribution >= 0.6 is 0 Å². The van der Waals surface area contributed by atoms with Gasteiger partial charge in [-0.3, -0.25) is 0 Å². The highest BCUT2D eigenvalue weighted by molar-refractivity contribution is 5.64. The number of nitrogens with one attached hydrogen (secondary N) is 3. The molecule has 156 valence electrons. The average molecular weight is 426 g/mol. The van der Waals surface area contributed by atoms with Crippen LogP contribution in [0.5, 0.6) is 0 Å². The van der Waals surface area contributed by atoms with Crippen molar-refractivity contribution in [3.63, 3.8) is 0 Å². The topological polar surface area (TPSA) is 74.8 Å². The van der Waals surface area contributed by atoms with E-state index in [4.69, 9.17) is 19.3 Å². The summed E-state index contributed by atoms with van der Waals surface area (Å²) >= 11 is 0. The lowest BCUT2D eigenvalue weighted by atomic mass is 10.2. The Morgan fingerprint density at radius 1 is 0.485 bits per heavy atom. The minimum absolute atomic E-state index is 0.324. The minimum atomic E-state index is 0.324. The number of hydrogen-bond donors (Lipinski definition) is 3. The van der Waals surface area contributed by atoms with Gasteiger partial charge in [0.25, 0.3) is 0 Å². The van der Waals surface area contributed by atoms with Gasteiger partial charge in [0.15, 0.2) is 0 Å². The monoisotopic (exact) mass is 426 g/mol. The summed E-state index contributed by atoms with van der Waals surface area (Å²) in [5.74, 6) is 8.81. The summed E-state index contributed by atoms with van der Waals surface area (Å²) in [6.45, 7) is 0. The van der Waals surface area contributed by atoms with Gasteiger partial charge in [0.05, 0.1) is 0 Å². The maximum Gasteiger partial charge on any atom is 0.233 e. The van der Waals surface area contributed by atoms with Gasteiger partial charge in [-0.1, -0.05) is 36.0 Å². The molecule has 0 saturated carbocycles. The Morgan fingerprint density at radius 2 is 0.788 bits per heavy atom. The molecule has 0 aliphatic carbocycles. The Balaban J connectivity index is 1.69. The fraction of sp³-hybridized carbons (Fsp3) is 0. The molecule has 0 aliphatic heterocycles. The quantitative estimate of drug-likeness (QED) is 0.375. The van der Waals surface area contributed by atoms with Crippen LogP contribution in [-0.4, -0.2) is 15.0 Å². The van der Waals surface area contributed by atoms with Crippen LogP contribution in [0.15, 0.2) is 72.8 Å². The van der Waals surface area contributed by atoms with E-state index in [1.807, 2.05) is 72.8 Å². The molecule has 0 spiro atoms. The molecule has 4 rings (SSSR count). The van der Waals surface area contributed by atoms with Crippen molar-refractivity contribution in [2.45, 2.75) is 0 Å². The lowest BCUT2D eigenvalue weighted by Gasteiger charge is -2.12. The fourth-order valence-corrected chi connectivity index (χ4v) is 2.99. The maximum atomic E-state index is 5.51. The molecule has 0 unspecified atom stereocenters. The van der Waals surface area contributed by atoms with Gasteiger partial charge < -0.3 is 16.0 Å². The van der Waals surface area contributed by atoms with E-state index in [1.54, 1.807) is 0 Å². The smallest absolute Gasteiger partial charge is 0.233 e. The number of hydrogen-bond acceptors (Lipinski definition) is 6. The second-order valence-corrected chi connectivity index (χ2v) is 6.86.